The summed E-state index contributed by atoms with van der Waals surface area (Å²) in [4.78, 5) is 3.33. The van der Waals surface area contributed by atoms with Crippen LogP contribution in [-0.2, 0) is 18.3 Å². The Morgan fingerprint density at radius 2 is 1.85 bits per heavy atom. The molecule has 1 aliphatic carbocycles. The molecule has 0 aromatic carbocycles. The molecule has 1 aromatic heterocycles. The Morgan fingerprint density at radius 1 is 1.15 bits per heavy atom. The van der Waals surface area contributed by atoms with E-state index in [2.05, 4.69) is 20.8 Å². The lowest BCUT2D eigenvalue weighted by Gasteiger charge is -2.14. The SMILES string of the molecule is CC(C)(C)c1[s+]sc2c1CCCC2. The largest absolute Gasteiger partial charge is 0.296 e. The smallest absolute Gasteiger partial charge is 0.0511 e. The molecule has 0 radical (unpaired) electrons. The number of aryl methyl sites for hydroxylation is 1. The van der Waals surface area contributed by atoms with Crippen LogP contribution in [0.3, 0.4) is 0 Å². The van der Waals surface area contributed by atoms with Crippen LogP contribution in [0.4, 0.5) is 0 Å². The highest BCUT2D eigenvalue weighted by Gasteiger charge is 2.34. The van der Waals surface area contributed by atoms with Crippen LogP contribution in [0.1, 0.15) is 48.9 Å². The first-order chi connectivity index (χ1) is 6.09. The van der Waals surface area contributed by atoms with Gasteiger partial charge in [0.2, 0.25) is 4.88 Å². The van der Waals surface area contributed by atoms with E-state index in [0.29, 0.717) is 5.41 Å². The van der Waals surface area contributed by atoms with E-state index in [1.54, 1.807) is 15.3 Å². The molecule has 1 aromatic rings. The fraction of sp³-hybridized carbons (Fsp3) is 0.727. The first-order valence-electron chi connectivity index (χ1n) is 5.03. The molecule has 0 N–H and O–H groups in total. The van der Waals surface area contributed by atoms with Gasteiger partial charge < -0.3 is 0 Å². The zero-order chi connectivity index (χ0) is 9.47. The number of fused-ring (bicyclic) bond motifs is 1. The third kappa shape index (κ3) is 1.79. The summed E-state index contributed by atoms with van der Waals surface area (Å²) >= 11 is 0. The quantitative estimate of drug-likeness (QED) is 0.446. The van der Waals surface area contributed by atoms with E-state index in [0.717, 1.165) is 0 Å². The summed E-state index contributed by atoms with van der Waals surface area (Å²) in [5.41, 5.74) is 2.07. The Kier molecular flexibility index (Phi) is 2.45. The van der Waals surface area contributed by atoms with Crippen molar-refractivity contribution in [3.05, 3.63) is 15.3 Å². The molecule has 72 valence electrons. The summed E-state index contributed by atoms with van der Waals surface area (Å²) < 4.78 is 0. The van der Waals surface area contributed by atoms with E-state index in [1.807, 2.05) is 20.7 Å². The van der Waals surface area contributed by atoms with Crippen LogP contribution < -0.4 is 0 Å². The Hall–Kier alpha value is 0.0500. The maximum absolute atomic E-state index is 2.33. The lowest BCUT2D eigenvalue weighted by molar-refractivity contribution is 0.585. The molecule has 2 rings (SSSR count). The van der Waals surface area contributed by atoms with Crippen molar-refractivity contribution in [2.45, 2.75) is 51.9 Å². The molecule has 0 saturated heterocycles. The Labute approximate surface area is 88.0 Å². The number of hydrogen-bond acceptors (Lipinski definition) is 1. The van der Waals surface area contributed by atoms with Crippen molar-refractivity contribution >= 4 is 20.7 Å². The van der Waals surface area contributed by atoms with Crippen molar-refractivity contribution in [2.75, 3.05) is 0 Å². The number of hydrogen-bond donors (Lipinski definition) is 0. The fourth-order valence-electron chi connectivity index (χ4n) is 1.93. The topological polar surface area (TPSA) is 0 Å². The van der Waals surface area contributed by atoms with Crippen LogP contribution in [0.25, 0.3) is 0 Å². The van der Waals surface area contributed by atoms with Gasteiger partial charge in [-0.15, -0.1) is 0 Å². The van der Waals surface area contributed by atoms with Gasteiger partial charge in [-0.05, 0) is 25.7 Å². The van der Waals surface area contributed by atoms with Gasteiger partial charge in [0.1, 0.15) is 0 Å². The van der Waals surface area contributed by atoms with E-state index in [4.69, 9.17) is 0 Å². The van der Waals surface area contributed by atoms with Crippen LogP contribution >= 0.6 is 20.7 Å². The summed E-state index contributed by atoms with van der Waals surface area (Å²) in [6.45, 7) is 7.00. The number of rotatable bonds is 0. The summed E-state index contributed by atoms with van der Waals surface area (Å²) in [6, 6.07) is 0. The molecular weight excluding hydrogens is 196 g/mol. The van der Waals surface area contributed by atoms with E-state index in [-0.39, 0.29) is 0 Å². The molecule has 0 nitrogen and oxygen atoms in total. The van der Waals surface area contributed by atoms with Crippen LogP contribution in [0.2, 0.25) is 0 Å². The second-order valence-corrected chi connectivity index (χ2v) is 7.09. The normalized spacial score (nSPS) is 17.2. The second kappa shape index (κ2) is 3.32. The maximum atomic E-state index is 2.33. The summed E-state index contributed by atoms with van der Waals surface area (Å²) in [5.74, 6) is 0. The summed E-state index contributed by atoms with van der Waals surface area (Å²) in [6.07, 6.45) is 5.48. The fourth-order valence-corrected chi connectivity index (χ4v) is 5.44. The van der Waals surface area contributed by atoms with Gasteiger partial charge in [-0.1, -0.05) is 20.8 Å². The van der Waals surface area contributed by atoms with Crippen molar-refractivity contribution in [2.24, 2.45) is 0 Å². The maximum Gasteiger partial charge on any atom is 0.296 e. The lowest BCUT2D eigenvalue weighted by Crippen LogP contribution is -2.13. The van der Waals surface area contributed by atoms with Crippen molar-refractivity contribution in [1.29, 1.82) is 0 Å². The van der Waals surface area contributed by atoms with Gasteiger partial charge in [-0.25, -0.2) is 0 Å². The molecule has 0 aliphatic heterocycles. The van der Waals surface area contributed by atoms with Gasteiger partial charge in [0.25, 0.3) is 10.3 Å². The first kappa shape index (κ1) is 9.60. The molecule has 0 unspecified atom stereocenters. The van der Waals surface area contributed by atoms with Gasteiger partial charge in [-0.2, -0.15) is 0 Å². The molecule has 0 atom stereocenters. The lowest BCUT2D eigenvalue weighted by atomic mass is 9.87. The van der Waals surface area contributed by atoms with Crippen LogP contribution in [0.15, 0.2) is 0 Å². The standard InChI is InChI=1S/C11H17S2/c1-11(2,3)10-8-6-4-5-7-9(8)12-13-10/h4-7H2,1-3H3/q+1. The highest BCUT2D eigenvalue weighted by Crippen LogP contribution is 2.40. The van der Waals surface area contributed by atoms with Crippen LogP contribution in [-0.4, -0.2) is 0 Å². The zero-order valence-electron chi connectivity index (χ0n) is 8.64. The third-order valence-corrected chi connectivity index (χ3v) is 5.71. The van der Waals surface area contributed by atoms with Gasteiger partial charge in [0.15, 0.2) is 10.3 Å². The zero-order valence-corrected chi connectivity index (χ0v) is 10.3. The molecular formula is C11H17S2+. The average molecular weight is 213 g/mol. The minimum Gasteiger partial charge on any atom is -0.0511 e. The van der Waals surface area contributed by atoms with Crippen molar-refractivity contribution in [3.8, 4) is 0 Å². The molecule has 0 fully saturated rings. The van der Waals surface area contributed by atoms with Gasteiger partial charge in [-0.3, -0.25) is 0 Å². The molecule has 13 heavy (non-hydrogen) atoms. The molecule has 2 heteroatoms. The molecule has 0 bridgehead atoms. The molecule has 0 saturated carbocycles. The summed E-state index contributed by atoms with van der Waals surface area (Å²) in [5, 5.41) is 0. The van der Waals surface area contributed by atoms with Gasteiger partial charge in [0, 0.05) is 11.0 Å². The van der Waals surface area contributed by atoms with E-state index < -0.39 is 0 Å². The van der Waals surface area contributed by atoms with E-state index in [9.17, 15) is 0 Å². The van der Waals surface area contributed by atoms with E-state index >= 15 is 0 Å². The molecule has 0 spiro atoms. The predicted molar refractivity (Wildman–Crippen MR) is 61.9 cm³/mol. The second-order valence-electron chi connectivity index (χ2n) is 4.85. The third-order valence-electron chi connectivity index (χ3n) is 2.60. The Bertz CT molecular complexity index is 304. The molecule has 1 aliphatic rings. The molecule has 0 amide bonds. The van der Waals surface area contributed by atoms with Crippen molar-refractivity contribution < 1.29 is 0 Å². The Morgan fingerprint density at radius 3 is 2.54 bits per heavy atom. The minimum atomic E-state index is 0.367. The first-order valence-corrected chi connectivity index (χ1v) is 7.18. The van der Waals surface area contributed by atoms with Crippen LogP contribution in [0, 0.1) is 0 Å². The van der Waals surface area contributed by atoms with Gasteiger partial charge >= 0.3 is 0 Å². The van der Waals surface area contributed by atoms with Crippen LogP contribution in [0.5, 0.6) is 0 Å². The highest BCUT2D eigenvalue weighted by atomic mass is 32.9. The minimum absolute atomic E-state index is 0.367. The monoisotopic (exact) mass is 213 g/mol. The average Bonchev–Trinajstić information content (AvgIpc) is 2.45. The van der Waals surface area contributed by atoms with Crippen molar-refractivity contribution in [3.63, 3.8) is 0 Å². The van der Waals surface area contributed by atoms with Gasteiger partial charge in [0.05, 0.1) is 4.88 Å². The highest BCUT2D eigenvalue weighted by molar-refractivity contribution is 7.69. The van der Waals surface area contributed by atoms with Crippen molar-refractivity contribution in [1.82, 2.24) is 0 Å². The molecule has 1 heterocycles. The summed E-state index contributed by atoms with van der Waals surface area (Å²) in [7, 11) is 4.03. The predicted octanol–water partition coefficient (Wildman–Crippen LogP) is 4.27. The Balaban J connectivity index is 2.43. The van der Waals surface area contributed by atoms with E-state index in [1.165, 1.54) is 25.7 Å².